The molecule has 0 radical (unpaired) electrons. The summed E-state index contributed by atoms with van der Waals surface area (Å²) in [4.78, 5) is 11.9. The van der Waals surface area contributed by atoms with Crippen molar-refractivity contribution in [2.24, 2.45) is 0 Å². The van der Waals surface area contributed by atoms with E-state index in [0.29, 0.717) is 0 Å². The van der Waals surface area contributed by atoms with E-state index in [2.05, 4.69) is 15.9 Å². The number of halogens is 3. The fraction of sp³-hybridized carbons (Fsp3) is 0.222. The average molecular weight is 421 g/mol. The SMILES string of the molecule is CS(=O)(=O)[C@@](Br)(I)C(=O)c1ccccc1F. The zero-order valence-corrected chi connectivity index (χ0v) is 12.6. The smallest absolute Gasteiger partial charge is 0.239 e. The van der Waals surface area contributed by atoms with E-state index in [1.165, 1.54) is 40.8 Å². The van der Waals surface area contributed by atoms with E-state index in [4.69, 9.17) is 0 Å². The molecular formula is C9H7BrFIO3S. The second-order valence-electron chi connectivity index (χ2n) is 3.10. The third-order valence-corrected chi connectivity index (χ3v) is 7.98. The van der Waals surface area contributed by atoms with Crippen LogP contribution in [0, 0.1) is 5.82 Å². The zero-order chi connectivity index (χ0) is 12.6. The molecule has 0 spiro atoms. The third-order valence-electron chi connectivity index (χ3n) is 1.85. The summed E-state index contributed by atoms with van der Waals surface area (Å²) < 4.78 is 34.2. The molecule has 0 aliphatic rings. The summed E-state index contributed by atoms with van der Waals surface area (Å²) in [7, 11) is -3.68. The van der Waals surface area contributed by atoms with E-state index < -0.39 is 23.1 Å². The molecule has 3 nitrogen and oxygen atoms in total. The van der Waals surface area contributed by atoms with Crippen LogP contribution in [-0.4, -0.2) is 22.1 Å². The molecule has 0 saturated heterocycles. The molecule has 0 aromatic heterocycles. The second kappa shape index (κ2) is 4.69. The Morgan fingerprint density at radius 3 is 2.38 bits per heavy atom. The first-order valence-electron chi connectivity index (χ1n) is 4.04. The summed E-state index contributed by atoms with van der Waals surface area (Å²) in [5.41, 5.74) is -0.251. The van der Waals surface area contributed by atoms with Gasteiger partial charge in [-0.1, -0.05) is 12.1 Å². The predicted molar refractivity (Wildman–Crippen MR) is 71.3 cm³/mol. The van der Waals surface area contributed by atoms with Crippen molar-refractivity contribution < 1.29 is 17.6 Å². The third kappa shape index (κ3) is 2.62. The van der Waals surface area contributed by atoms with Gasteiger partial charge in [-0.15, -0.1) is 0 Å². The first kappa shape index (κ1) is 14.0. The number of carbonyl (C=O) groups excluding carboxylic acids is 1. The number of sulfone groups is 1. The average Bonchev–Trinajstić information content (AvgIpc) is 2.15. The van der Waals surface area contributed by atoms with Gasteiger partial charge in [0.1, 0.15) is 5.82 Å². The van der Waals surface area contributed by atoms with Gasteiger partial charge in [0.2, 0.25) is 7.45 Å². The first-order valence-corrected chi connectivity index (χ1v) is 7.81. The van der Waals surface area contributed by atoms with E-state index in [-0.39, 0.29) is 5.56 Å². The molecule has 1 atom stereocenters. The van der Waals surface area contributed by atoms with Gasteiger partial charge in [-0.25, -0.2) is 12.8 Å². The monoisotopic (exact) mass is 420 g/mol. The summed E-state index contributed by atoms with van der Waals surface area (Å²) in [5, 5.41) is 0. The van der Waals surface area contributed by atoms with Gasteiger partial charge in [-0.05, 0) is 50.7 Å². The van der Waals surface area contributed by atoms with E-state index >= 15 is 0 Å². The first-order chi connectivity index (χ1) is 7.18. The van der Waals surface area contributed by atoms with Crippen LogP contribution in [0.5, 0.6) is 0 Å². The molecule has 88 valence electrons. The zero-order valence-electron chi connectivity index (χ0n) is 8.08. The molecule has 0 aliphatic carbocycles. The maximum atomic E-state index is 13.3. The van der Waals surface area contributed by atoms with Gasteiger partial charge in [0.25, 0.3) is 0 Å². The van der Waals surface area contributed by atoms with E-state index in [0.717, 1.165) is 12.3 Å². The summed E-state index contributed by atoms with van der Waals surface area (Å²) in [6, 6.07) is 5.25. The molecule has 0 saturated carbocycles. The van der Waals surface area contributed by atoms with Gasteiger partial charge < -0.3 is 0 Å². The largest absolute Gasteiger partial charge is 0.290 e. The number of hydrogen-bond donors (Lipinski definition) is 0. The van der Waals surface area contributed by atoms with Gasteiger partial charge in [0.05, 0.1) is 5.56 Å². The normalized spacial score (nSPS) is 15.5. The minimum absolute atomic E-state index is 0.251. The highest BCUT2D eigenvalue weighted by atomic mass is 127. The Kier molecular flexibility index (Phi) is 4.12. The van der Waals surface area contributed by atoms with E-state index in [9.17, 15) is 17.6 Å². The Bertz CT molecular complexity index is 527. The van der Waals surface area contributed by atoms with Crippen molar-refractivity contribution >= 4 is 54.1 Å². The van der Waals surface area contributed by atoms with Crippen LogP contribution in [-0.2, 0) is 9.84 Å². The Labute approximate surface area is 115 Å². The van der Waals surface area contributed by atoms with Crippen molar-refractivity contribution in [3.05, 3.63) is 35.6 Å². The number of Topliss-reactive ketones (excluding diaryl/α,β-unsaturated/α-hetero) is 1. The van der Waals surface area contributed by atoms with Crippen LogP contribution in [0.4, 0.5) is 4.39 Å². The molecule has 0 amide bonds. The summed E-state index contributed by atoms with van der Waals surface area (Å²) in [6.45, 7) is 0. The van der Waals surface area contributed by atoms with E-state index in [1.807, 2.05) is 0 Å². The molecular weight excluding hydrogens is 414 g/mol. The molecule has 1 aromatic rings. The molecule has 0 unspecified atom stereocenters. The standard InChI is InChI=1S/C9H7BrFIO3S/c1-16(14,15)9(10,12)8(13)6-4-2-3-5-7(6)11/h2-5H,1H3/t9-/m0/s1. The van der Waals surface area contributed by atoms with Gasteiger partial charge in [0.15, 0.2) is 9.84 Å². The van der Waals surface area contributed by atoms with Crippen LogP contribution in [0.25, 0.3) is 0 Å². The minimum atomic E-state index is -3.68. The Hall–Kier alpha value is -0.0200. The van der Waals surface area contributed by atoms with Crippen LogP contribution >= 0.6 is 38.5 Å². The highest BCUT2D eigenvalue weighted by Gasteiger charge is 2.44. The Morgan fingerprint density at radius 1 is 1.44 bits per heavy atom. The molecule has 0 bridgehead atoms. The maximum Gasteiger partial charge on any atom is 0.239 e. The molecule has 0 N–H and O–H groups in total. The number of ketones is 1. The minimum Gasteiger partial charge on any atom is -0.290 e. The molecule has 1 rings (SSSR count). The summed E-state index contributed by atoms with van der Waals surface area (Å²) >= 11 is 4.26. The van der Waals surface area contributed by atoms with Crippen molar-refractivity contribution in [3.8, 4) is 0 Å². The molecule has 0 heterocycles. The Balaban J connectivity index is 3.29. The number of rotatable bonds is 3. The molecule has 7 heteroatoms. The summed E-state index contributed by atoms with van der Waals surface area (Å²) in [5.74, 6) is -1.56. The fourth-order valence-electron chi connectivity index (χ4n) is 0.971. The van der Waals surface area contributed by atoms with Crippen LogP contribution < -0.4 is 0 Å². The molecule has 16 heavy (non-hydrogen) atoms. The van der Waals surface area contributed by atoms with Crippen LogP contribution in [0.3, 0.4) is 0 Å². The van der Waals surface area contributed by atoms with Crippen molar-refractivity contribution in [1.29, 1.82) is 0 Å². The molecule has 0 aliphatic heterocycles. The van der Waals surface area contributed by atoms with Crippen LogP contribution in [0.15, 0.2) is 24.3 Å². The fourth-order valence-corrected chi connectivity index (χ4v) is 1.92. The van der Waals surface area contributed by atoms with Gasteiger partial charge in [-0.3, -0.25) is 4.79 Å². The lowest BCUT2D eigenvalue weighted by atomic mass is 10.1. The highest BCUT2D eigenvalue weighted by molar-refractivity contribution is 14.1. The van der Waals surface area contributed by atoms with Gasteiger partial charge in [0, 0.05) is 6.26 Å². The molecule has 0 fully saturated rings. The Morgan fingerprint density at radius 2 is 1.94 bits per heavy atom. The van der Waals surface area contributed by atoms with Crippen molar-refractivity contribution in [2.45, 2.75) is 1.66 Å². The van der Waals surface area contributed by atoms with Crippen molar-refractivity contribution in [3.63, 3.8) is 0 Å². The molecule has 1 aromatic carbocycles. The summed E-state index contributed by atoms with van der Waals surface area (Å²) in [6.07, 6.45) is 0.910. The quantitative estimate of drug-likeness (QED) is 0.429. The number of carbonyl (C=O) groups is 1. The lowest BCUT2D eigenvalue weighted by Gasteiger charge is -2.17. The topological polar surface area (TPSA) is 51.2 Å². The maximum absolute atomic E-state index is 13.3. The predicted octanol–water partition coefficient (Wildman–Crippen LogP) is 2.54. The van der Waals surface area contributed by atoms with Crippen molar-refractivity contribution in [1.82, 2.24) is 0 Å². The number of benzene rings is 1. The number of hydrogen-bond acceptors (Lipinski definition) is 3. The number of alkyl halides is 2. The second-order valence-corrected chi connectivity index (χ2v) is 10.8. The lowest BCUT2D eigenvalue weighted by molar-refractivity contribution is 0.100. The van der Waals surface area contributed by atoms with E-state index in [1.54, 1.807) is 0 Å². The van der Waals surface area contributed by atoms with Gasteiger partial charge in [-0.2, -0.15) is 0 Å². The van der Waals surface area contributed by atoms with Crippen molar-refractivity contribution in [2.75, 3.05) is 6.26 Å². The lowest BCUT2D eigenvalue weighted by Crippen LogP contribution is -2.34. The van der Waals surface area contributed by atoms with Crippen LogP contribution in [0.2, 0.25) is 0 Å². The van der Waals surface area contributed by atoms with Gasteiger partial charge >= 0.3 is 0 Å². The highest BCUT2D eigenvalue weighted by Crippen LogP contribution is 2.36. The van der Waals surface area contributed by atoms with Crippen LogP contribution in [0.1, 0.15) is 10.4 Å².